The van der Waals surface area contributed by atoms with Gasteiger partial charge in [0.05, 0.1) is 19.3 Å². The average Bonchev–Trinajstić information content (AvgIpc) is 2.66. The highest BCUT2D eigenvalue weighted by Gasteiger charge is 2.18. The molecule has 0 aromatic heterocycles. The molecule has 1 rings (SSSR count). The minimum Gasteiger partial charge on any atom is -0.496 e. The molecule has 0 fully saturated rings. The van der Waals surface area contributed by atoms with Crippen molar-refractivity contribution >= 4 is 11.9 Å². The number of carbonyl (C=O) groups excluding carboxylic acids is 2. The van der Waals surface area contributed by atoms with Gasteiger partial charge in [0.1, 0.15) is 12.3 Å². The molecule has 0 radical (unpaired) electrons. The van der Waals surface area contributed by atoms with E-state index in [1.807, 2.05) is 0 Å². The fourth-order valence-corrected chi connectivity index (χ4v) is 2.76. The molecule has 1 aromatic rings. The molecule has 0 aliphatic rings. The maximum atomic E-state index is 12.4. The fourth-order valence-electron chi connectivity index (χ4n) is 2.76. The summed E-state index contributed by atoms with van der Waals surface area (Å²) in [5.41, 5.74) is 0.438. The maximum absolute atomic E-state index is 12.4. The number of carbonyl (C=O) groups is 2. The van der Waals surface area contributed by atoms with E-state index in [0.29, 0.717) is 17.9 Å². The second kappa shape index (κ2) is 13.2. The molecule has 0 aliphatic heterocycles. The number of unbranched alkanes of at least 4 members (excludes halogenated alkanes) is 7. The van der Waals surface area contributed by atoms with Crippen LogP contribution >= 0.6 is 0 Å². The first-order valence-electron chi connectivity index (χ1n) is 9.64. The molecule has 0 heterocycles. The van der Waals surface area contributed by atoms with Gasteiger partial charge in [-0.25, -0.2) is 0 Å². The Morgan fingerprint density at radius 1 is 0.962 bits per heavy atom. The van der Waals surface area contributed by atoms with Crippen LogP contribution in [0.5, 0.6) is 5.75 Å². The quantitative estimate of drug-likeness (QED) is 0.384. The van der Waals surface area contributed by atoms with Gasteiger partial charge in [0.25, 0.3) is 5.91 Å². The lowest BCUT2D eigenvalue weighted by molar-refractivity contribution is -0.144. The zero-order valence-electron chi connectivity index (χ0n) is 16.5. The Hall–Kier alpha value is -2.04. The Kier molecular flexibility index (Phi) is 11.2. The normalized spacial score (nSPS) is 10.4. The van der Waals surface area contributed by atoms with E-state index < -0.39 is 0 Å². The van der Waals surface area contributed by atoms with Gasteiger partial charge in [-0.05, 0) is 18.6 Å². The summed E-state index contributed by atoms with van der Waals surface area (Å²) in [7, 11) is 3.11. The van der Waals surface area contributed by atoms with Crippen LogP contribution in [0.1, 0.15) is 68.6 Å². The maximum Gasteiger partial charge on any atom is 0.325 e. The van der Waals surface area contributed by atoms with Crippen molar-refractivity contribution in [2.24, 2.45) is 0 Å². The molecule has 146 valence electrons. The number of amides is 1. The molecule has 1 amide bonds. The number of rotatable bonds is 13. The molecule has 0 atom stereocenters. The predicted molar refractivity (Wildman–Crippen MR) is 104 cm³/mol. The number of methoxy groups -OCH3 is 1. The summed E-state index contributed by atoms with van der Waals surface area (Å²) in [5.74, 6) is -0.137. The predicted octanol–water partition coefficient (Wildman–Crippen LogP) is 4.45. The Morgan fingerprint density at radius 3 is 2.23 bits per heavy atom. The SMILES string of the molecule is CCCCCCCCCCOC(=O)CN(C)C(=O)c1ccccc1OC. The van der Waals surface area contributed by atoms with E-state index in [0.717, 1.165) is 12.8 Å². The number of esters is 1. The van der Waals surface area contributed by atoms with Crippen LogP contribution in [0.3, 0.4) is 0 Å². The number of hydrogen-bond acceptors (Lipinski definition) is 4. The summed E-state index contributed by atoms with van der Waals surface area (Å²) in [6.45, 7) is 2.58. The Labute approximate surface area is 157 Å². The van der Waals surface area contributed by atoms with Gasteiger partial charge in [-0.1, -0.05) is 64.0 Å². The summed E-state index contributed by atoms with van der Waals surface area (Å²) in [6.07, 6.45) is 9.60. The topological polar surface area (TPSA) is 55.8 Å². The summed E-state index contributed by atoms with van der Waals surface area (Å²) < 4.78 is 10.4. The van der Waals surface area contributed by atoms with Gasteiger partial charge < -0.3 is 14.4 Å². The van der Waals surface area contributed by atoms with Gasteiger partial charge in [-0.3, -0.25) is 9.59 Å². The van der Waals surface area contributed by atoms with Gasteiger partial charge in [0, 0.05) is 7.05 Å². The van der Waals surface area contributed by atoms with E-state index in [2.05, 4.69) is 6.92 Å². The van der Waals surface area contributed by atoms with E-state index in [1.54, 1.807) is 31.3 Å². The molecular formula is C21H33NO4. The number of nitrogens with zero attached hydrogens (tertiary/aromatic N) is 1. The molecule has 0 saturated carbocycles. The summed E-state index contributed by atoms with van der Waals surface area (Å²) in [5, 5.41) is 0. The van der Waals surface area contributed by atoms with Crippen molar-refractivity contribution in [3.05, 3.63) is 29.8 Å². The molecule has 0 N–H and O–H groups in total. The lowest BCUT2D eigenvalue weighted by atomic mass is 10.1. The molecular weight excluding hydrogens is 330 g/mol. The van der Waals surface area contributed by atoms with Crippen molar-refractivity contribution in [3.8, 4) is 5.75 Å². The molecule has 5 heteroatoms. The van der Waals surface area contributed by atoms with E-state index in [4.69, 9.17) is 9.47 Å². The van der Waals surface area contributed by atoms with Crippen molar-refractivity contribution in [3.63, 3.8) is 0 Å². The standard InChI is InChI=1S/C21H33NO4/c1-4-5-6-7-8-9-10-13-16-26-20(23)17-22(2)21(24)18-14-11-12-15-19(18)25-3/h11-12,14-15H,4-10,13,16-17H2,1-3H3. The van der Waals surface area contributed by atoms with Crippen LogP contribution < -0.4 is 4.74 Å². The van der Waals surface area contributed by atoms with Crippen LogP contribution in [0.2, 0.25) is 0 Å². The summed E-state index contributed by atoms with van der Waals surface area (Å²) in [4.78, 5) is 25.7. The van der Waals surface area contributed by atoms with Crippen LogP contribution in [0.4, 0.5) is 0 Å². The minimum absolute atomic E-state index is 0.0616. The molecule has 26 heavy (non-hydrogen) atoms. The molecule has 0 spiro atoms. The molecule has 1 aromatic carbocycles. The van der Waals surface area contributed by atoms with Crippen molar-refractivity contribution in [1.29, 1.82) is 0 Å². The Balaban J connectivity index is 2.21. The van der Waals surface area contributed by atoms with Crippen molar-refractivity contribution < 1.29 is 19.1 Å². The first-order valence-corrected chi connectivity index (χ1v) is 9.64. The summed E-state index contributed by atoms with van der Waals surface area (Å²) in [6, 6.07) is 6.98. The van der Waals surface area contributed by atoms with E-state index in [1.165, 1.54) is 50.5 Å². The monoisotopic (exact) mass is 363 g/mol. The van der Waals surface area contributed by atoms with Crippen LogP contribution in [0, 0.1) is 0 Å². The van der Waals surface area contributed by atoms with Crippen LogP contribution in [-0.2, 0) is 9.53 Å². The number of likely N-dealkylation sites (N-methyl/N-ethyl adjacent to an activating group) is 1. The van der Waals surface area contributed by atoms with Gasteiger partial charge in [-0.15, -0.1) is 0 Å². The number of hydrogen-bond donors (Lipinski definition) is 0. The van der Waals surface area contributed by atoms with Gasteiger partial charge in [0.15, 0.2) is 0 Å². The Bertz CT molecular complexity index is 545. The summed E-state index contributed by atoms with van der Waals surface area (Å²) >= 11 is 0. The largest absolute Gasteiger partial charge is 0.496 e. The number of benzene rings is 1. The average molecular weight is 363 g/mol. The van der Waals surface area contributed by atoms with Crippen molar-refractivity contribution in [1.82, 2.24) is 4.90 Å². The highest BCUT2D eigenvalue weighted by Crippen LogP contribution is 2.18. The first-order chi connectivity index (χ1) is 12.6. The van der Waals surface area contributed by atoms with Gasteiger partial charge in [0.2, 0.25) is 0 Å². The van der Waals surface area contributed by atoms with Crippen LogP contribution in [0.15, 0.2) is 24.3 Å². The van der Waals surface area contributed by atoms with Crippen molar-refractivity contribution in [2.45, 2.75) is 58.3 Å². The van der Waals surface area contributed by atoms with Gasteiger partial charge in [-0.2, -0.15) is 0 Å². The van der Waals surface area contributed by atoms with E-state index in [-0.39, 0.29) is 18.4 Å². The zero-order valence-corrected chi connectivity index (χ0v) is 16.5. The second-order valence-electron chi connectivity index (χ2n) is 6.56. The fraction of sp³-hybridized carbons (Fsp3) is 0.619. The number of para-hydroxylation sites is 1. The highest BCUT2D eigenvalue weighted by molar-refractivity contribution is 5.98. The van der Waals surface area contributed by atoms with Crippen LogP contribution in [0.25, 0.3) is 0 Å². The molecule has 0 aliphatic carbocycles. The minimum atomic E-state index is -0.376. The third kappa shape index (κ3) is 8.37. The third-order valence-corrected chi connectivity index (χ3v) is 4.31. The molecule has 0 saturated heterocycles. The van der Waals surface area contributed by atoms with Gasteiger partial charge >= 0.3 is 5.97 Å². The first kappa shape index (κ1) is 22.0. The lowest BCUT2D eigenvalue weighted by Crippen LogP contribution is -2.33. The molecule has 5 nitrogen and oxygen atoms in total. The number of ether oxygens (including phenoxy) is 2. The molecule has 0 unspecified atom stereocenters. The van der Waals surface area contributed by atoms with Crippen molar-refractivity contribution in [2.75, 3.05) is 27.3 Å². The third-order valence-electron chi connectivity index (χ3n) is 4.31. The van der Waals surface area contributed by atoms with Crippen LogP contribution in [-0.4, -0.2) is 44.1 Å². The smallest absolute Gasteiger partial charge is 0.325 e. The highest BCUT2D eigenvalue weighted by atomic mass is 16.5. The second-order valence-corrected chi connectivity index (χ2v) is 6.56. The zero-order chi connectivity index (χ0) is 19.2. The molecule has 0 bridgehead atoms. The Morgan fingerprint density at radius 2 is 1.58 bits per heavy atom. The lowest BCUT2D eigenvalue weighted by Gasteiger charge is -2.17. The van der Waals surface area contributed by atoms with E-state index in [9.17, 15) is 9.59 Å². The van der Waals surface area contributed by atoms with E-state index >= 15 is 0 Å².